The predicted molar refractivity (Wildman–Crippen MR) is 96.2 cm³/mol. The summed E-state index contributed by atoms with van der Waals surface area (Å²) in [5.41, 5.74) is 1.17. The molecule has 0 radical (unpaired) electrons. The lowest BCUT2D eigenvalue weighted by Crippen LogP contribution is -2.30. The number of nitrogens with one attached hydrogen (secondary N) is 1. The van der Waals surface area contributed by atoms with Crippen molar-refractivity contribution in [3.05, 3.63) is 22.2 Å². The number of methoxy groups -OCH3 is 2. The lowest BCUT2D eigenvalue weighted by molar-refractivity contribution is -0.159. The monoisotopic (exact) mass is 417 g/mol. The van der Waals surface area contributed by atoms with Crippen molar-refractivity contribution in [1.82, 2.24) is 5.32 Å². The van der Waals surface area contributed by atoms with Gasteiger partial charge < -0.3 is 25.0 Å². The molecule has 1 aliphatic rings. The van der Waals surface area contributed by atoms with Crippen LogP contribution in [0.3, 0.4) is 0 Å². The van der Waals surface area contributed by atoms with Gasteiger partial charge in [-0.05, 0) is 34.8 Å². The third kappa shape index (κ3) is 7.31. The Bertz CT molecular complexity index is 575. The van der Waals surface area contributed by atoms with E-state index in [0.717, 1.165) is 22.5 Å². The number of aliphatic carboxylic acids is 2. The summed E-state index contributed by atoms with van der Waals surface area (Å²) in [5.74, 6) is -1.97. The van der Waals surface area contributed by atoms with Gasteiger partial charge in [0, 0.05) is 24.2 Å². The average Bonchev–Trinajstić information content (AvgIpc) is 2.61. The highest BCUT2D eigenvalue weighted by atomic mass is 79.9. The number of carboxylic acid groups (broad SMARTS) is 2. The molecule has 0 heterocycles. The highest BCUT2D eigenvalue weighted by molar-refractivity contribution is 9.10. The van der Waals surface area contributed by atoms with Crippen molar-refractivity contribution in [3.63, 3.8) is 0 Å². The topological polar surface area (TPSA) is 105 Å². The van der Waals surface area contributed by atoms with E-state index < -0.39 is 11.9 Å². The van der Waals surface area contributed by atoms with Crippen molar-refractivity contribution < 1.29 is 29.3 Å². The molecule has 8 heteroatoms. The van der Waals surface area contributed by atoms with E-state index in [9.17, 15) is 0 Å². The largest absolute Gasteiger partial charge is 0.496 e. The normalized spacial score (nSPS) is 14.2. The molecule has 1 aliphatic carbocycles. The molecule has 0 bridgehead atoms. The Morgan fingerprint density at radius 2 is 1.64 bits per heavy atom. The van der Waals surface area contributed by atoms with Crippen LogP contribution in [0.4, 0.5) is 0 Å². The summed E-state index contributed by atoms with van der Waals surface area (Å²) in [6.45, 7) is 0.844. The molecule has 2 rings (SSSR count). The molecule has 0 spiro atoms. The van der Waals surface area contributed by atoms with Gasteiger partial charge in [-0.1, -0.05) is 19.3 Å². The van der Waals surface area contributed by atoms with E-state index in [0.29, 0.717) is 6.04 Å². The lowest BCUT2D eigenvalue weighted by Gasteiger charge is -2.23. The summed E-state index contributed by atoms with van der Waals surface area (Å²) in [7, 11) is 3.37. The maximum Gasteiger partial charge on any atom is 0.414 e. The van der Waals surface area contributed by atoms with E-state index in [1.54, 1.807) is 14.2 Å². The third-order valence-corrected chi connectivity index (χ3v) is 4.54. The summed E-state index contributed by atoms with van der Waals surface area (Å²) in [6.07, 6.45) is 6.66. The Balaban J connectivity index is 0.000000450. The average molecular weight is 418 g/mol. The molecule has 140 valence electrons. The number of benzene rings is 1. The highest BCUT2D eigenvalue weighted by Gasteiger charge is 2.15. The number of ether oxygens (including phenoxy) is 2. The molecular formula is C17H24BrNO6. The van der Waals surface area contributed by atoms with Crippen LogP contribution in [0.2, 0.25) is 0 Å². The summed E-state index contributed by atoms with van der Waals surface area (Å²) in [5, 5.41) is 18.4. The van der Waals surface area contributed by atoms with Crippen LogP contribution < -0.4 is 14.8 Å². The zero-order valence-corrected chi connectivity index (χ0v) is 16.0. The molecule has 1 aromatic rings. The number of hydrogen-bond acceptors (Lipinski definition) is 5. The first-order valence-corrected chi connectivity index (χ1v) is 8.78. The van der Waals surface area contributed by atoms with E-state index >= 15 is 0 Å². The third-order valence-electron chi connectivity index (χ3n) is 3.92. The van der Waals surface area contributed by atoms with E-state index in [2.05, 4.69) is 27.3 Å². The Labute approximate surface area is 155 Å². The van der Waals surface area contributed by atoms with Gasteiger partial charge in [0.1, 0.15) is 11.5 Å². The molecular weight excluding hydrogens is 394 g/mol. The fourth-order valence-electron chi connectivity index (χ4n) is 2.62. The second-order valence-electron chi connectivity index (χ2n) is 5.62. The highest BCUT2D eigenvalue weighted by Crippen LogP contribution is 2.33. The molecule has 1 saturated carbocycles. The Morgan fingerprint density at radius 3 is 2.12 bits per heavy atom. The van der Waals surface area contributed by atoms with Gasteiger partial charge in [-0.2, -0.15) is 0 Å². The number of carboxylic acids is 2. The summed E-state index contributed by atoms with van der Waals surface area (Å²) < 4.78 is 11.7. The van der Waals surface area contributed by atoms with Crippen molar-refractivity contribution in [3.8, 4) is 11.5 Å². The lowest BCUT2D eigenvalue weighted by atomic mass is 9.95. The molecule has 0 saturated heterocycles. The second kappa shape index (κ2) is 10.9. The Morgan fingerprint density at radius 1 is 1.08 bits per heavy atom. The summed E-state index contributed by atoms with van der Waals surface area (Å²) >= 11 is 3.53. The van der Waals surface area contributed by atoms with Crippen LogP contribution in [0.5, 0.6) is 11.5 Å². The van der Waals surface area contributed by atoms with Gasteiger partial charge in [0.15, 0.2) is 0 Å². The zero-order valence-electron chi connectivity index (χ0n) is 14.4. The van der Waals surface area contributed by atoms with Crippen LogP contribution in [0.1, 0.15) is 37.7 Å². The first-order chi connectivity index (χ1) is 11.9. The van der Waals surface area contributed by atoms with Gasteiger partial charge in [-0.3, -0.25) is 0 Å². The van der Waals surface area contributed by atoms with Crippen LogP contribution in [0.25, 0.3) is 0 Å². The predicted octanol–water partition coefficient (Wildman–Crippen LogP) is 3.04. The Kier molecular flexibility index (Phi) is 9.30. The van der Waals surface area contributed by atoms with Crippen LogP contribution >= 0.6 is 15.9 Å². The van der Waals surface area contributed by atoms with Crippen LogP contribution in [0.15, 0.2) is 16.6 Å². The van der Waals surface area contributed by atoms with Crippen molar-refractivity contribution in [2.24, 2.45) is 0 Å². The molecule has 25 heavy (non-hydrogen) atoms. The van der Waals surface area contributed by atoms with Crippen LogP contribution in [-0.2, 0) is 16.1 Å². The van der Waals surface area contributed by atoms with Crippen molar-refractivity contribution in [2.75, 3.05) is 14.2 Å². The second-order valence-corrected chi connectivity index (χ2v) is 6.48. The fraction of sp³-hybridized carbons (Fsp3) is 0.529. The molecule has 0 atom stereocenters. The molecule has 0 unspecified atom stereocenters. The first-order valence-electron chi connectivity index (χ1n) is 7.99. The molecule has 0 aromatic heterocycles. The van der Waals surface area contributed by atoms with Gasteiger partial charge in [-0.15, -0.1) is 0 Å². The van der Waals surface area contributed by atoms with Crippen molar-refractivity contribution in [1.29, 1.82) is 0 Å². The minimum Gasteiger partial charge on any atom is -0.496 e. The quantitative estimate of drug-likeness (QED) is 0.632. The van der Waals surface area contributed by atoms with Gasteiger partial charge in [0.25, 0.3) is 0 Å². The standard InChI is InChI=1S/C15H22BrNO2.C2H2O4/c1-18-14-9-15(19-2)13(16)8-11(14)10-17-12-6-4-3-5-7-12;3-1(4)2(5)6/h8-9,12,17H,3-7,10H2,1-2H3;(H,3,4)(H,5,6). The molecule has 0 aliphatic heterocycles. The van der Waals surface area contributed by atoms with Gasteiger partial charge in [-0.25, -0.2) is 9.59 Å². The molecule has 1 fully saturated rings. The molecule has 1 aromatic carbocycles. The maximum absolute atomic E-state index is 9.10. The van der Waals surface area contributed by atoms with E-state index in [1.165, 1.54) is 37.7 Å². The molecule has 0 amide bonds. The van der Waals surface area contributed by atoms with Crippen molar-refractivity contribution >= 4 is 27.9 Å². The minimum atomic E-state index is -1.82. The number of halogens is 1. The molecule has 3 N–H and O–H groups in total. The smallest absolute Gasteiger partial charge is 0.414 e. The summed E-state index contributed by atoms with van der Waals surface area (Å²) in [4.78, 5) is 18.2. The minimum absolute atomic E-state index is 0.652. The fourth-order valence-corrected chi connectivity index (χ4v) is 3.17. The summed E-state index contributed by atoms with van der Waals surface area (Å²) in [6, 6.07) is 4.66. The van der Waals surface area contributed by atoms with E-state index in [-0.39, 0.29) is 0 Å². The number of hydrogen-bond donors (Lipinski definition) is 3. The zero-order chi connectivity index (χ0) is 18.8. The van der Waals surface area contributed by atoms with E-state index in [4.69, 9.17) is 29.3 Å². The van der Waals surface area contributed by atoms with Gasteiger partial charge >= 0.3 is 11.9 Å². The number of rotatable bonds is 5. The van der Waals surface area contributed by atoms with Crippen molar-refractivity contribution in [2.45, 2.75) is 44.7 Å². The molecule has 7 nitrogen and oxygen atoms in total. The van der Waals surface area contributed by atoms with Gasteiger partial charge in [0.05, 0.1) is 18.7 Å². The SMILES string of the molecule is COc1cc(OC)c(CNC2CCCCC2)cc1Br.O=C(O)C(=O)O. The Hall–Kier alpha value is -1.80. The van der Waals surface area contributed by atoms with E-state index in [1.807, 2.05) is 6.07 Å². The van der Waals surface area contributed by atoms with Crippen LogP contribution in [-0.4, -0.2) is 42.4 Å². The van der Waals surface area contributed by atoms with Gasteiger partial charge in [0.2, 0.25) is 0 Å². The number of carbonyl (C=O) groups is 2. The first kappa shape index (κ1) is 21.2. The van der Waals surface area contributed by atoms with Crippen LogP contribution in [0, 0.1) is 0 Å². The maximum atomic E-state index is 9.10.